The van der Waals surface area contributed by atoms with Crippen LogP contribution in [0.15, 0.2) is 24.3 Å². The molecular formula is C12H16FNO2. The summed E-state index contributed by atoms with van der Waals surface area (Å²) in [6, 6.07) is 5.41. The molecular weight excluding hydrogens is 209 g/mol. The van der Waals surface area contributed by atoms with Gasteiger partial charge in [-0.25, -0.2) is 4.39 Å². The van der Waals surface area contributed by atoms with E-state index >= 15 is 0 Å². The fourth-order valence-corrected chi connectivity index (χ4v) is 1.52. The lowest BCUT2D eigenvalue weighted by molar-refractivity contribution is -0.139. The van der Waals surface area contributed by atoms with E-state index in [1.165, 1.54) is 12.1 Å². The highest BCUT2D eigenvalue weighted by Gasteiger charge is 2.18. The molecule has 1 aromatic carbocycles. The van der Waals surface area contributed by atoms with E-state index in [1.807, 2.05) is 13.8 Å². The number of carbonyl (C=O) groups is 1. The third kappa shape index (κ3) is 3.98. The Kier molecular flexibility index (Phi) is 4.43. The van der Waals surface area contributed by atoms with Crippen molar-refractivity contribution in [2.24, 2.45) is 0 Å². The summed E-state index contributed by atoms with van der Waals surface area (Å²) in [6.07, 6.45) is 0.283. The maximum absolute atomic E-state index is 12.9. The van der Waals surface area contributed by atoms with Crippen LogP contribution in [0.1, 0.15) is 19.4 Å². The van der Waals surface area contributed by atoms with E-state index < -0.39 is 12.0 Å². The first-order valence-electron chi connectivity index (χ1n) is 5.22. The average Bonchev–Trinajstić information content (AvgIpc) is 2.15. The molecule has 0 amide bonds. The molecule has 4 heteroatoms. The van der Waals surface area contributed by atoms with E-state index in [9.17, 15) is 9.18 Å². The first-order chi connectivity index (χ1) is 7.49. The number of aliphatic carboxylic acids is 1. The summed E-state index contributed by atoms with van der Waals surface area (Å²) in [5.41, 5.74) is 0.681. The van der Waals surface area contributed by atoms with Crippen LogP contribution < -0.4 is 5.32 Å². The van der Waals surface area contributed by atoms with Gasteiger partial charge in [0.2, 0.25) is 0 Å². The van der Waals surface area contributed by atoms with Crippen molar-refractivity contribution in [2.75, 3.05) is 0 Å². The summed E-state index contributed by atoms with van der Waals surface area (Å²) >= 11 is 0. The number of carboxylic acids is 1. The van der Waals surface area contributed by atoms with Gasteiger partial charge in [0, 0.05) is 6.04 Å². The molecule has 0 aromatic heterocycles. The van der Waals surface area contributed by atoms with Crippen LogP contribution in [0.25, 0.3) is 0 Å². The van der Waals surface area contributed by atoms with E-state index in [-0.39, 0.29) is 18.3 Å². The summed E-state index contributed by atoms with van der Waals surface area (Å²) < 4.78 is 12.9. The second-order valence-corrected chi connectivity index (χ2v) is 4.05. The summed E-state index contributed by atoms with van der Waals surface area (Å²) in [5.74, 6) is -1.26. The van der Waals surface area contributed by atoms with E-state index in [4.69, 9.17) is 5.11 Å². The Morgan fingerprint density at radius 1 is 1.50 bits per heavy atom. The zero-order valence-corrected chi connectivity index (χ0v) is 9.40. The van der Waals surface area contributed by atoms with Crippen LogP contribution in [0.2, 0.25) is 0 Å². The summed E-state index contributed by atoms with van der Waals surface area (Å²) in [4.78, 5) is 11.0. The molecule has 1 aromatic rings. The van der Waals surface area contributed by atoms with Gasteiger partial charge in [0.05, 0.1) is 0 Å². The van der Waals surface area contributed by atoms with E-state index in [1.54, 1.807) is 12.1 Å². The molecule has 0 aliphatic heterocycles. The van der Waals surface area contributed by atoms with Gasteiger partial charge >= 0.3 is 5.97 Å². The quantitative estimate of drug-likeness (QED) is 0.803. The molecule has 16 heavy (non-hydrogen) atoms. The SMILES string of the molecule is CC(C)NC(Cc1cccc(F)c1)C(=O)O. The van der Waals surface area contributed by atoms with E-state index in [0.29, 0.717) is 5.56 Å². The maximum atomic E-state index is 12.9. The third-order valence-electron chi connectivity index (χ3n) is 2.16. The Bertz CT molecular complexity index is 366. The second-order valence-electron chi connectivity index (χ2n) is 4.05. The first kappa shape index (κ1) is 12.6. The molecule has 0 aliphatic rings. The molecule has 0 saturated heterocycles. The molecule has 0 bridgehead atoms. The molecule has 1 atom stereocenters. The van der Waals surface area contributed by atoms with Crippen LogP contribution in [0.3, 0.4) is 0 Å². The molecule has 0 saturated carbocycles. The number of hydrogen-bond donors (Lipinski definition) is 2. The molecule has 1 unspecified atom stereocenters. The van der Waals surface area contributed by atoms with Gasteiger partial charge in [-0.15, -0.1) is 0 Å². The smallest absolute Gasteiger partial charge is 0.321 e. The Balaban J connectivity index is 2.71. The summed E-state index contributed by atoms with van der Waals surface area (Å²) in [5, 5.41) is 11.9. The van der Waals surface area contributed by atoms with E-state index in [0.717, 1.165) is 0 Å². The highest BCUT2D eigenvalue weighted by molar-refractivity contribution is 5.73. The Morgan fingerprint density at radius 2 is 2.19 bits per heavy atom. The van der Waals surface area contributed by atoms with Crippen molar-refractivity contribution in [3.63, 3.8) is 0 Å². The minimum atomic E-state index is -0.919. The Hall–Kier alpha value is -1.42. The van der Waals surface area contributed by atoms with Crippen molar-refractivity contribution in [3.05, 3.63) is 35.6 Å². The van der Waals surface area contributed by atoms with Crippen LogP contribution in [-0.2, 0) is 11.2 Å². The van der Waals surface area contributed by atoms with Crippen LogP contribution in [0.4, 0.5) is 4.39 Å². The lowest BCUT2D eigenvalue weighted by atomic mass is 10.1. The van der Waals surface area contributed by atoms with Crippen molar-refractivity contribution in [1.29, 1.82) is 0 Å². The van der Waals surface area contributed by atoms with Crippen LogP contribution in [-0.4, -0.2) is 23.2 Å². The van der Waals surface area contributed by atoms with Crippen molar-refractivity contribution in [1.82, 2.24) is 5.32 Å². The van der Waals surface area contributed by atoms with Gasteiger partial charge in [-0.2, -0.15) is 0 Å². The van der Waals surface area contributed by atoms with Crippen LogP contribution in [0, 0.1) is 5.82 Å². The Labute approximate surface area is 94.3 Å². The molecule has 2 N–H and O–H groups in total. The highest BCUT2D eigenvalue weighted by Crippen LogP contribution is 2.07. The zero-order chi connectivity index (χ0) is 12.1. The van der Waals surface area contributed by atoms with Gasteiger partial charge < -0.3 is 10.4 Å². The number of hydrogen-bond acceptors (Lipinski definition) is 2. The molecule has 0 fully saturated rings. The predicted octanol–water partition coefficient (Wildman–Crippen LogP) is 1.82. The van der Waals surface area contributed by atoms with Crippen molar-refractivity contribution in [3.8, 4) is 0 Å². The number of carboxylic acid groups (broad SMARTS) is 1. The number of nitrogens with one attached hydrogen (secondary N) is 1. The molecule has 0 spiro atoms. The van der Waals surface area contributed by atoms with E-state index in [2.05, 4.69) is 5.32 Å². The number of rotatable bonds is 5. The molecule has 0 radical (unpaired) electrons. The predicted molar refractivity (Wildman–Crippen MR) is 59.8 cm³/mol. The van der Waals surface area contributed by atoms with Gasteiger partial charge in [0.1, 0.15) is 11.9 Å². The van der Waals surface area contributed by atoms with Crippen molar-refractivity contribution >= 4 is 5.97 Å². The van der Waals surface area contributed by atoms with Crippen LogP contribution >= 0.6 is 0 Å². The first-order valence-corrected chi connectivity index (χ1v) is 5.22. The monoisotopic (exact) mass is 225 g/mol. The maximum Gasteiger partial charge on any atom is 0.321 e. The number of halogens is 1. The second kappa shape index (κ2) is 5.61. The largest absolute Gasteiger partial charge is 0.480 e. The molecule has 3 nitrogen and oxygen atoms in total. The molecule has 0 aliphatic carbocycles. The highest BCUT2D eigenvalue weighted by atomic mass is 19.1. The normalized spacial score (nSPS) is 12.8. The summed E-state index contributed by atoms with van der Waals surface area (Å²) in [7, 11) is 0. The van der Waals surface area contributed by atoms with Crippen molar-refractivity contribution < 1.29 is 14.3 Å². The lowest BCUT2D eigenvalue weighted by Gasteiger charge is -2.17. The zero-order valence-electron chi connectivity index (χ0n) is 9.40. The third-order valence-corrected chi connectivity index (χ3v) is 2.16. The molecule has 0 heterocycles. The minimum Gasteiger partial charge on any atom is -0.480 e. The average molecular weight is 225 g/mol. The lowest BCUT2D eigenvalue weighted by Crippen LogP contribution is -2.42. The van der Waals surface area contributed by atoms with Gasteiger partial charge in [0.15, 0.2) is 0 Å². The molecule has 1 rings (SSSR count). The van der Waals surface area contributed by atoms with Gasteiger partial charge in [-0.05, 0) is 24.1 Å². The Morgan fingerprint density at radius 3 is 2.69 bits per heavy atom. The van der Waals surface area contributed by atoms with Crippen LogP contribution in [0.5, 0.6) is 0 Å². The van der Waals surface area contributed by atoms with Gasteiger partial charge in [-0.3, -0.25) is 4.79 Å². The van der Waals surface area contributed by atoms with Gasteiger partial charge in [0.25, 0.3) is 0 Å². The topological polar surface area (TPSA) is 49.3 Å². The summed E-state index contributed by atoms with van der Waals surface area (Å²) in [6.45, 7) is 3.75. The fraction of sp³-hybridized carbons (Fsp3) is 0.417. The number of benzene rings is 1. The molecule has 88 valence electrons. The fourth-order valence-electron chi connectivity index (χ4n) is 1.52. The standard InChI is InChI=1S/C12H16FNO2/c1-8(2)14-11(12(15)16)7-9-4-3-5-10(13)6-9/h3-6,8,11,14H,7H2,1-2H3,(H,15,16). The minimum absolute atomic E-state index is 0.0784. The van der Waals surface area contributed by atoms with Gasteiger partial charge in [-0.1, -0.05) is 26.0 Å². The van der Waals surface area contributed by atoms with Crippen molar-refractivity contribution in [2.45, 2.75) is 32.4 Å².